The second-order valence-electron chi connectivity index (χ2n) is 5.51. The summed E-state index contributed by atoms with van der Waals surface area (Å²) in [6, 6.07) is 5.01. The number of nitrogens with two attached hydrogens (primary N) is 1. The van der Waals surface area contributed by atoms with Crippen molar-refractivity contribution in [3.8, 4) is 5.75 Å². The fourth-order valence-corrected chi connectivity index (χ4v) is 2.42. The smallest absolute Gasteiger partial charge is 0.165 e. The molecule has 0 saturated carbocycles. The molecule has 2 rings (SSSR count). The van der Waals surface area contributed by atoms with E-state index in [2.05, 4.69) is 23.6 Å². The molecule has 0 bridgehead atoms. The van der Waals surface area contributed by atoms with Crippen molar-refractivity contribution in [2.45, 2.75) is 19.9 Å². The maximum atomic E-state index is 13.5. The Kier molecular flexibility index (Phi) is 5.20. The van der Waals surface area contributed by atoms with Crippen LogP contribution in [0.3, 0.4) is 0 Å². The molecule has 1 aromatic rings. The minimum absolute atomic E-state index is 0.241. The molecule has 1 aliphatic rings. The molecule has 112 valence electrons. The van der Waals surface area contributed by atoms with E-state index in [0.717, 1.165) is 32.7 Å². The summed E-state index contributed by atoms with van der Waals surface area (Å²) < 4.78 is 19.0. The van der Waals surface area contributed by atoms with E-state index >= 15 is 0 Å². The van der Waals surface area contributed by atoms with Gasteiger partial charge in [0.1, 0.15) is 6.61 Å². The van der Waals surface area contributed by atoms with Crippen LogP contribution in [0.15, 0.2) is 18.2 Å². The second kappa shape index (κ2) is 6.90. The zero-order chi connectivity index (χ0) is 14.5. The molecule has 5 heteroatoms. The first-order valence-electron chi connectivity index (χ1n) is 7.20. The summed E-state index contributed by atoms with van der Waals surface area (Å²) >= 11 is 0. The van der Waals surface area contributed by atoms with E-state index in [-0.39, 0.29) is 11.6 Å². The fraction of sp³-hybridized carbons (Fsp3) is 0.600. The lowest BCUT2D eigenvalue weighted by Gasteiger charge is -2.36. The molecule has 2 N–H and O–H groups in total. The molecule has 4 nitrogen and oxygen atoms in total. The van der Waals surface area contributed by atoms with Gasteiger partial charge in [0.2, 0.25) is 0 Å². The van der Waals surface area contributed by atoms with Crippen molar-refractivity contribution in [1.82, 2.24) is 9.80 Å². The summed E-state index contributed by atoms with van der Waals surface area (Å²) in [7, 11) is 0. The number of anilines is 1. The van der Waals surface area contributed by atoms with Crippen molar-refractivity contribution in [1.29, 1.82) is 0 Å². The summed E-state index contributed by atoms with van der Waals surface area (Å²) in [5.41, 5.74) is 6.14. The maximum Gasteiger partial charge on any atom is 0.165 e. The van der Waals surface area contributed by atoms with Gasteiger partial charge in [0.15, 0.2) is 11.6 Å². The SMILES string of the molecule is CC(C)N1CCN(CCOc2cc(N)ccc2F)CC1. The Hall–Kier alpha value is -1.33. The lowest BCUT2D eigenvalue weighted by atomic mass is 10.2. The van der Waals surface area contributed by atoms with Crippen molar-refractivity contribution in [3.63, 3.8) is 0 Å². The molecule has 0 amide bonds. The lowest BCUT2D eigenvalue weighted by molar-refractivity contribution is 0.0965. The van der Waals surface area contributed by atoms with Gasteiger partial charge in [-0.15, -0.1) is 0 Å². The minimum atomic E-state index is -0.358. The summed E-state index contributed by atoms with van der Waals surface area (Å²) in [6.45, 7) is 10.0. The molecule has 20 heavy (non-hydrogen) atoms. The lowest BCUT2D eigenvalue weighted by Crippen LogP contribution is -2.49. The molecular formula is C15H24FN3O. The van der Waals surface area contributed by atoms with Crippen LogP contribution in [0.25, 0.3) is 0 Å². The van der Waals surface area contributed by atoms with Crippen LogP contribution >= 0.6 is 0 Å². The van der Waals surface area contributed by atoms with E-state index in [4.69, 9.17) is 10.5 Å². The van der Waals surface area contributed by atoms with Crippen LogP contribution in [0.2, 0.25) is 0 Å². The van der Waals surface area contributed by atoms with E-state index < -0.39 is 0 Å². The molecule has 0 radical (unpaired) electrons. The summed E-state index contributed by atoms with van der Waals surface area (Å²) in [6.07, 6.45) is 0. The van der Waals surface area contributed by atoms with Crippen LogP contribution in [0.4, 0.5) is 10.1 Å². The number of hydrogen-bond donors (Lipinski definition) is 1. The molecule has 1 aliphatic heterocycles. The molecule has 1 aromatic carbocycles. The van der Waals surface area contributed by atoms with Crippen molar-refractivity contribution < 1.29 is 9.13 Å². The molecule has 1 fully saturated rings. The number of nitrogens with zero attached hydrogens (tertiary/aromatic N) is 2. The molecule has 1 saturated heterocycles. The monoisotopic (exact) mass is 281 g/mol. The Morgan fingerprint density at radius 1 is 1.25 bits per heavy atom. The van der Waals surface area contributed by atoms with E-state index in [1.54, 1.807) is 0 Å². The standard InChI is InChI=1S/C15H24FN3O/c1-12(2)19-7-5-18(6-8-19)9-10-20-15-11-13(17)3-4-14(15)16/h3-4,11-12H,5-10,17H2,1-2H3. The van der Waals surface area contributed by atoms with Crippen LogP contribution in [0.1, 0.15) is 13.8 Å². The molecule has 0 unspecified atom stereocenters. The molecule has 0 aromatic heterocycles. The second-order valence-corrected chi connectivity index (χ2v) is 5.51. The zero-order valence-electron chi connectivity index (χ0n) is 12.3. The van der Waals surface area contributed by atoms with Gasteiger partial charge < -0.3 is 10.5 Å². The first kappa shape index (κ1) is 15.1. The molecule has 1 heterocycles. The highest BCUT2D eigenvalue weighted by Crippen LogP contribution is 2.19. The van der Waals surface area contributed by atoms with E-state index in [1.807, 2.05) is 0 Å². The van der Waals surface area contributed by atoms with E-state index in [0.29, 0.717) is 18.3 Å². The third-order valence-electron chi connectivity index (χ3n) is 3.76. The number of ether oxygens (including phenoxy) is 1. The number of hydrogen-bond acceptors (Lipinski definition) is 4. The highest BCUT2D eigenvalue weighted by Gasteiger charge is 2.18. The Morgan fingerprint density at radius 3 is 2.60 bits per heavy atom. The van der Waals surface area contributed by atoms with Gasteiger partial charge in [-0.1, -0.05) is 0 Å². The van der Waals surface area contributed by atoms with E-state index in [9.17, 15) is 4.39 Å². The number of nitrogen functional groups attached to an aromatic ring is 1. The van der Waals surface area contributed by atoms with Gasteiger partial charge in [0.25, 0.3) is 0 Å². The van der Waals surface area contributed by atoms with Crippen LogP contribution in [0.5, 0.6) is 5.75 Å². The topological polar surface area (TPSA) is 41.7 Å². The molecule has 0 atom stereocenters. The number of rotatable bonds is 5. The van der Waals surface area contributed by atoms with Crippen LogP contribution in [0, 0.1) is 5.82 Å². The third-order valence-corrected chi connectivity index (χ3v) is 3.76. The average Bonchev–Trinajstić information content (AvgIpc) is 2.43. The fourth-order valence-electron chi connectivity index (χ4n) is 2.42. The molecule has 0 aliphatic carbocycles. The van der Waals surface area contributed by atoms with Gasteiger partial charge in [-0.05, 0) is 26.0 Å². The Labute approximate surface area is 120 Å². The van der Waals surface area contributed by atoms with Crippen LogP contribution < -0.4 is 10.5 Å². The predicted molar refractivity (Wildman–Crippen MR) is 79.5 cm³/mol. The van der Waals surface area contributed by atoms with Gasteiger partial charge >= 0.3 is 0 Å². The Bertz CT molecular complexity index is 431. The summed E-state index contributed by atoms with van der Waals surface area (Å²) in [5.74, 6) is -0.116. The number of halogens is 1. The van der Waals surface area contributed by atoms with E-state index in [1.165, 1.54) is 18.2 Å². The highest BCUT2D eigenvalue weighted by atomic mass is 19.1. The van der Waals surface area contributed by atoms with Crippen LogP contribution in [-0.4, -0.2) is 55.2 Å². The first-order chi connectivity index (χ1) is 9.56. The van der Waals surface area contributed by atoms with Crippen molar-refractivity contribution in [2.75, 3.05) is 45.1 Å². The normalized spacial score (nSPS) is 17.6. The predicted octanol–water partition coefficient (Wildman–Crippen LogP) is 1.81. The van der Waals surface area contributed by atoms with Gasteiger partial charge in [0.05, 0.1) is 0 Å². The molecular weight excluding hydrogens is 257 g/mol. The molecule has 0 spiro atoms. The van der Waals surface area contributed by atoms with Crippen molar-refractivity contribution >= 4 is 5.69 Å². The van der Waals surface area contributed by atoms with Crippen molar-refractivity contribution in [2.24, 2.45) is 0 Å². The third kappa shape index (κ3) is 4.08. The van der Waals surface area contributed by atoms with Gasteiger partial charge in [-0.25, -0.2) is 4.39 Å². The number of piperazine rings is 1. The Morgan fingerprint density at radius 2 is 1.95 bits per heavy atom. The minimum Gasteiger partial charge on any atom is -0.489 e. The maximum absolute atomic E-state index is 13.5. The largest absolute Gasteiger partial charge is 0.489 e. The first-order valence-corrected chi connectivity index (χ1v) is 7.20. The zero-order valence-corrected chi connectivity index (χ0v) is 12.3. The highest BCUT2D eigenvalue weighted by molar-refractivity contribution is 5.44. The number of benzene rings is 1. The van der Waals surface area contributed by atoms with Crippen molar-refractivity contribution in [3.05, 3.63) is 24.0 Å². The average molecular weight is 281 g/mol. The summed E-state index contributed by atoms with van der Waals surface area (Å²) in [5, 5.41) is 0. The van der Waals surface area contributed by atoms with Crippen LogP contribution in [-0.2, 0) is 0 Å². The van der Waals surface area contributed by atoms with Gasteiger partial charge in [-0.3, -0.25) is 9.80 Å². The summed E-state index contributed by atoms with van der Waals surface area (Å²) in [4.78, 5) is 4.82. The van der Waals surface area contributed by atoms with Gasteiger partial charge in [-0.2, -0.15) is 0 Å². The Balaban J connectivity index is 1.73. The van der Waals surface area contributed by atoms with Gasteiger partial charge in [0, 0.05) is 50.5 Å². The quantitative estimate of drug-likeness (QED) is 0.836.